The van der Waals surface area contributed by atoms with Crippen molar-refractivity contribution in [2.45, 2.75) is 46.0 Å². The van der Waals surface area contributed by atoms with E-state index in [4.69, 9.17) is 10.00 Å². The monoisotopic (exact) mass is 266 g/mol. The number of nitrogens with zero attached hydrogens (tertiary/aromatic N) is 2. The number of piperidine rings is 1. The normalized spacial score (nSPS) is 20.8. The van der Waals surface area contributed by atoms with Crippen LogP contribution in [-0.4, -0.2) is 37.6 Å². The molecule has 1 saturated heterocycles. The van der Waals surface area contributed by atoms with Gasteiger partial charge in [0.05, 0.1) is 24.5 Å². The number of hydrogen-bond donors (Lipinski definition) is 0. The lowest BCUT2D eigenvalue weighted by atomic mass is 9.89. The van der Waals surface area contributed by atoms with Gasteiger partial charge >= 0.3 is 5.97 Å². The summed E-state index contributed by atoms with van der Waals surface area (Å²) in [5, 5.41) is 8.95. The first kappa shape index (κ1) is 16.0. The number of hydrogen-bond acceptors (Lipinski definition) is 4. The summed E-state index contributed by atoms with van der Waals surface area (Å²) >= 11 is 0. The van der Waals surface area contributed by atoms with Gasteiger partial charge in [0, 0.05) is 6.54 Å². The summed E-state index contributed by atoms with van der Waals surface area (Å²) < 4.78 is 4.82. The highest BCUT2D eigenvalue weighted by atomic mass is 16.5. The van der Waals surface area contributed by atoms with E-state index >= 15 is 0 Å². The third-order valence-corrected chi connectivity index (χ3v) is 3.87. The fourth-order valence-corrected chi connectivity index (χ4v) is 2.58. The van der Waals surface area contributed by atoms with Crippen LogP contribution < -0.4 is 0 Å². The number of nitriles is 1. The summed E-state index contributed by atoms with van der Waals surface area (Å²) in [5.41, 5.74) is -0.212. The van der Waals surface area contributed by atoms with Gasteiger partial charge in [0.25, 0.3) is 0 Å². The Hall–Kier alpha value is -1.08. The fourth-order valence-electron chi connectivity index (χ4n) is 2.58. The van der Waals surface area contributed by atoms with E-state index in [0.717, 1.165) is 51.7 Å². The third-order valence-electron chi connectivity index (χ3n) is 3.87. The molecule has 4 nitrogen and oxygen atoms in total. The Morgan fingerprint density at radius 1 is 1.47 bits per heavy atom. The molecule has 1 unspecified atom stereocenters. The van der Waals surface area contributed by atoms with E-state index in [1.807, 2.05) is 13.8 Å². The summed E-state index contributed by atoms with van der Waals surface area (Å²) in [4.78, 5) is 13.9. The lowest BCUT2D eigenvalue weighted by Gasteiger charge is -2.31. The van der Waals surface area contributed by atoms with Crippen molar-refractivity contribution in [3.63, 3.8) is 0 Å². The van der Waals surface area contributed by atoms with Gasteiger partial charge < -0.3 is 9.64 Å². The molecule has 1 aliphatic rings. The predicted octanol–water partition coefficient (Wildman–Crippen LogP) is 2.59. The van der Waals surface area contributed by atoms with Gasteiger partial charge in [-0.15, -0.1) is 0 Å². The standard InChI is InChI=1S/C15H26N2O2/c1-15(2,12-16)8-4-5-9-17-10-6-7-13(11-17)14(18)19-3/h13H,4-11H2,1-3H3. The van der Waals surface area contributed by atoms with Crippen LogP contribution in [0.2, 0.25) is 0 Å². The zero-order valence-electron chi connectivity index (χ0n) is 12.4. The van der Waals surface area contributed by atoms with Crippen molar-refractivity contribution in [2.75, 3.05) is 26.7 Å². The summed E-state index contributed by atoms with van der Waals surface area (Å²) in [7, 11) is 1.46. The maximum absolute atomic E-state index is 11.5. The van der Waals surface area contributed by atoms with Crippen molar-refractivity contribution in [1.82, 2.24) is 4.90 Å². The number of carbonyl (C=O) groups is 1. The molecular weight excluding hydrogens is 240 g/mol. The van der Waals surface area contributed by atoms with Crippen LogP contribution in [-0.2, 0) is 9.53 Å². The van der Waals surface area contributed by atoms with E-state index in [1.165, 1.54) is 7.11 Å². The van der Waals surface area contributed by atoms with Gasteiger partial charge in [-0.05, 0) is 52.6 Å². The highest BCUT2D eigenvalue weighted by Crippen LogP contribution is 2.23. The Bertz CT molecular complexity index is 334. The van der Waals surface area contributed by atoms with E-state index in [9.17, 15) is 4.79 Å². The van der Waals surface area contributed by atoms with Crippen molar-refractivity contribution >= 4 is 5.97 Å². The molecule has 1 aliphatic heterocycles. The van der Waals surface area contributed by atoms with Gasteiger partial charge in [-0.1, -0.05) is 6.42 Å². The number of carbonyl (C=O) groups excluding carboxylic acids is 1. The Morgan fingerprint density at radius 3 is 2.84 bits per heavy atom. The fraction of sp³-hybridized carbons (Fsp3) is 0.867. The Balaban J connectivity index is 2.23. The number of methoxy groups -OCH3 is 1. The third kappa shape index (κ3) is 5.61. The molecule has 0 aromatic rings. The topological polar surface area (TPSA) is 53.3 Å². The van der Waals surface area contributed by atoms with Crippen LogP contribution in [0.25, 0.3) is 0 Å². The number of esters is 1. The second kappa shape index (κ2) is 7.49. The molecule has 0 spiro atoms. The second-order valence-electron chi connectivity index (χ2n) is 6.12. The molecule has 19 heavy (non-hydrogen) atoms. The van der Waals surface area contributed by atoms with Crippen molar-refractivity contribution in [3.05, 3.63) is 0 Å². The predicted molar refractivity (Wildman–Crippen MR) is 74.4 cm³/mol. The minimum Gasteiger partial charge on any atom is -0.469 e. The van der Waals surface area contributed by atoms with Gasteiger partial charge in [-0.2, -0.15) is 5.26 Å². The number of rotatable bonds is 6. The van der Waals surface area contributed by atoms with Crippen LogP contribution in [0.5, 0.6) is 0 Å². The average Bonchev–Trinajstić information content (AvgIpc) is 2.43. The van der Waals surface area contributed by atoms with Gasteiger partial charge in [-0.3, -0.25) is 4.79 Å². The Kier molecular flexibility index (Phi) is 6.30. The zero-order valence-corrected chi connectivity index (χ0v) is 12.4. The molecule has 0 aromatic carbocycles. The molecule has 1 rings (SSSR count). The molecule has 0 amide bonds. The van der Waals surface area contributed by atoms with E-state index in [0.29, 0.717) is 0 Å². The number of unbranched alkanes of at least 4 members (excludes halogenated alkanes) is 1. The Labute approximate surface area is 116 Å². The molecule has 1 heterocycles. The highest BCUT2D eigenvalue weighted by molar-refractivity contribution is 5.72. The first-order chi connectivity index (χ1) is 8.98. The quantitative estimate of drug-likeness (QED) is 0.548. The maximum Gasteiger partial charge on any atom is 0.309 e. The van der Waals surface area contributed by atoms with E-state index < -0.39 is 0 Å². The second-order valence-corrected chi connectivity index (χ2v) is 6.12. The average molecular weight is 266 g/mol. The summed E-state index contributed by atoms with van der Waals surface area (Å²) in [5.74, 6) is -0.0235. The molecule has 1 fully saturated rings. The van der Waals surface area contributed by atoms with Crippen LogP contribution in [0.3, 0.4) is 0 Å². The van der Waals surface area contributed by atoms with Crippen molar-refractivity contribution in [1.29, 1.82) is 5.26 Å². The molecule has 0 N–H and O–H groups in total. The molecule has 0 saturated carbocycles. The largest absolute Gasteiger partial charge is 0.469 e. The molecule has 0 radical (unpaired) electrons. The van der Waals surface area contributed by atoms with Gasteiger partial charge in [-0.25, -0.2) is 0 Å². The van der Waals surface area contributed by atoms with Crippen LogP contribution in [0, 0.1) is 22.7 Å². The molecule has 0 aromatic heterocycles. The summed E-state index contributed by atoms with van der Waals surface area (Å²) in [6.45, 7) is 6.90. The lowest BCUT2D eigenvalue weighted by Crippen LogP contribution is -2.39. The van der Waals surface area contributed by atoms with Gasteiger partial charge in [0.1, 0.15) is 0 Å². The smallest absolute Gasteiger partial charge is 0.309 e. The molecule has 108 valence electrons. The highest BCUT2D eigenvalue weighted by Gasteiger charge is 2.26. The van der Waals surface area contributed by atoms with Gasteiger partial charge in [0.2, 0.25) is 0 Å². The van der Waals surface area contributed by atoms with E-state index in [-0.39, 0.29) is 17.3 Å². The lowest BCUT2D eigenvalue weighted by molar-refractivity contribution is -0.147. The van der Waals surface area contributed by atoms with Crippen molar-refractivity contribution in [2.24, 2.45) is 11.3 Å². The van der Waals surface area contributed by atoms with Crippen LogP contribution >= 0.6 is 0 Å². The number of likely N-dealkylation sites (tertiary alicyclic amines) is 1. The Morgan fingerprint density at radius 2 is 2.21 bits per heavy atom. The number of ether oxygens (including phenoxy) is 1. The molecule has 4 heteroatoms. The molecular formula is C15H26N2O2. The molecule has 1 atom stereocenters. The van der Waals surface area contributed by atoms with E-state index in [2.05, 4.69) is 11.0 Å². The van der Waals surface area contributed by atoms with Crippen LogP contribution in [0.15, 0.2) is 0 Å². The first-order valence-electron chi connectivity index (χ1n) is 7.20. The SMILES string of the molecule is COC(=O)C1CCCN(CCCCC(C)(C)C#N)C1. The summed E-state index contributed by atoms with van der Waals surface area (Å²) in [6.07, 6.45) is 5.13. The van der Waals surface area contributed by atoms with E-state index in [1.54, 1.807) is 0 Å². The minimum atomic E-state index is -0.212. The molecule has 0 bridgehead atoms. The van der Waals surface area contributed by atoms with Gasteiger partial charge in [0.15, 0.2) is 0 Å². The van der Waals surface area contributed by atoms with Crippen molar-refractivity contribution in [3.8, 4) is 6.07 Å². The zero-order chi connectivity index (χ0) is 14.3. The minimum absolute atomic E-state index is 0.0503. The first-order valence-corrected chi connectivity index (χ1v) is 7.20. The summed E-state index contributed by atoms with van der Waals surface area (Å²) in [6, 6.07) is 2.33. The van der Waals surface area contributed by atoms with Crippen molar-refractivity contribution < 1.29 is 9.53 Å². The maximum atomic E-state index is 11.5. The van der Waals surface area contributed by atoms with Crippen LogP contribution in [0.1, 0.15) is 46.0 Å². The molecule has 0 aliphatic carbocycles. The van der Waals surface area contributed by atoms with Crippen LogP contribution in [0.4, 0.5) is 0 Å².